The van der Waals surface area contributed by atoms with Gasteiger partial charge in [0.05, 0.1) is 26.4 Å². The number of alkyl halides is 3. The highest BCUT2D eigenvalue weighted by Crippen LogP contribution is 2.43. The second-order valence-electron chi connectivity index (χ2n) is 4.83. The molecule has 0 fully saturated rings. The minimum Gasteiger partial charge on any atom is -0.349 e. The minimum absolute atomic E-state index is 0.113. The zero-order valence-electron chi connectivity index (χ0n) is 12.4. The lowest BCUT2D eigenvalue weighted by Gasteiger charge is -2.14. The summed E-state index contributed by atoms with van der Waals surface area (Å²) in [6.07, 6.45) is -5.13. The third-order valence-corrected chi connectivity index (χ3v) is 3.16. The van der Waals surface area contributed by atoms with E-state index in [1.165, 1.54) is 0 Å². The van der Waals surface area contributed by atoms with Gasteiger partial charge in [-0.15, -0.1) is 0 Å². The predicted molar refractivity (Wildman–Crippen MR) is 81.1 cm³/mol. The summed E-state index contributed by atoms with van der Waals surface area (Å²) in [5.74, 6) is 0. The van der Waals surface area contributed by atoms with Gasteiger partial charge in [0.1, 0.15) is 5.69 Å². The highest BCUT2D eigenvalue weighted by Gasteiger charge is 2.39. The summed E-state index contributed by atoms with van der Waals surface area (Å²) in [6.45, 7) is 0. The number of rotatable bonds is 5. The molecule has 26 heavy (non-hydrogen) atoms. The van der Waals surface area contributed by atoms with Gasteiger partial charge in [-0.3, -0.25) is 30.3 Å². The molecule has 0 aromatic heterocycles. The van der Waals surface area contributed by atoms with Gasteiger partial charge in [0.2, 0.25) is 0 Å². The number of nitrogens with one attached hydrogen (secondary N) is 1. The van der Waals surface area contributed by atoms with Crippen LogP contribution >= 0.6 is 0 Å². The zero-order chi connectivity index (χ0) is 19.6. The second-order valence-corrected chi connectivity index (χ2v) is 4.83. The van der Waals surface area contributed by atoms with Crippen LogP contribution in [0.3, 0.4) is 0 Å². The molecule has 0 amide bonds. The van der Waals surface area contributed by atoms with Gasteiger partial charge < -0.3 is 5.32 Å². The molecule has 0 aliphatic rings. The molecule has 0 bridgehead atoms. The second kappa shape index (κ2) is 6.62. The van der Waals surface area contributed by atoms with Crippen molar-refractivity contribution in [2.45, 2.75) is 6.18 Å². The van der Waals surface area contributed by atoms with Gasteiger partial charge in [-0.1, -0.05) is 0 Å². The molecule has 13 heteroatoms. The van der Waals surface area contributed by atoms with Crippen molar-refractivity contribution in [3.63, 3.8) is 0 Å². The van der Waals surface area contributed by atoms with E-state index in [1.807, 2.05) is 0 Å². The van der Waals surface area contributed by atoms with E-state index in [2.05, 4.69) is 5.32 Å². The summed E-state index contributed by atoms with van der Waals surface area (Å²) >= 11 is 0. The van der Waals surface area contributed by atoms with Crippen LogP contribution in [0, 0.1) is 30.3 Å². The molecule has 0 spiro atoms. The van der Waals surface area contributed by atoms with Crippen molar-refractivity contribution in [1.29, 1.82) is 0 Å². The molecule has 2 aromatic rings. The summed E-state index contributed by atoms with van der Waals surface area (Å²) < 4.78 is 39.7. The maximum Gasteiger partial charge on any atom is 0.418 e. The first-order valence-electron chi connectivity index (χ1n) is 6.56. The van der Waals surface area contributed by atoms with Crippen molar-refractivity contribution in [2.75, 3.05) is 5.32 Å². The van der Waals surface area contributed by atoms with Crippen molar-refractivity contribution in [3.05, 3.63) is 72.3 Å². The van der Waals surface area contributed by atoms with E-state index in [0.717, 1.165) is 24.3 Å². The third kappa shape index (κ3) is 3.82. The SMILES string of the molecule is O=[N+]([O-])c1ccc(Nc2c([N+](=O)[O-])cc([N+](=O)[O-])cc2C(F)(F)F)cc1. The highest BCUT2D eigenvalue weighted by atomic mass is 19.4. The Balaban J connectivity index is 2.63. The van der Waals surface area contributed by atoms with Crippen molar-refractivity contribution < 1.29 is 27.9 Å². The Morgan fingerprint density at radius 2 is 1.35 bits per heavy atom. The number of halogens is 3. The van der Waals surface area contributed by atoms with Crippen LogP contribution in [0.25, 0.3) is 0 Å². The van der Waals surface area contributed by atoms with E-state index >= 15 is 0 Å². The van der Waals surface area contributed by atoms with Gasteiger partial charge in [0.25, 0.3) is 17.1 Å². The quantitative estimate of drug-likeness (QED) is 0.613. The largest absolute Gasteiger partial charge is 0.418 e. The molecule has 136 valence electrons. The maximum absolute atomic E-state index is 13.2. The lowest BCUT2D eigenvalue weighted by Crippen LogP contribution is -2.11. The lowest BCUT2D eigenvalue weighted by molar-refractivity contribution is -0.394. The summed E-state index contributed by atoms with van der Waals surface area (Å²) in [6, 6.07) is 4.61. The molecule has 0 aliphatic carbocycles. The molecule has 0 heterocycles. The Morgan fingerprint density at radius 3 is 1.77 bits per heavy atom. The summed E-state index contributed by atoms with van der Waals surface area (Å²) in [5.41, 5.74) is -5.34. The third-order valence-electron chi connectivity index (χ3n) is 3.16. The number of non-ortho nitro benzene ring substituents is 2. The van der Waals surface area contributed by atoms with Crippen LogP contribution in [0.15, 0.2) is 36.4 Å². The number of nitro groups is 3. The fourth-order valence-corrected chi connectivity index (χ4v) is 2.03. The number of nitrogens with zero attached hydrogens (tertiary/aromatic N) is 3. The number of anilines is 2. The average molecular weight is 372 g/mol. The van der Waals surface area contributed by atoms with Crippen LogP contribution in [0.2, 0.25) is 0 Å². The molecule has 0 radical (unpaired) electrons. The fourth-order valence-electron chi connectivity index (χ4n) is 2.03. The minimum atomic E-state index is -5.13. The van der Waals surface area contributed by atoms with E-state index in [1.54, 1.807) is 0 Å². The van der Waals surface area contributed by atoms with E-state index < -0.39 is 43.6 Å². The number of benzene rings is 2. The summed E-state index contributed by atoms with van der Waals surface area (Å²) in [4.78, 5) is 29.3. The van der Waals surface area contributed by atoms with Gasteiger partial charge in [-0.25, -0.2) is 0 Å². The highest BCUT2D eigenvalue weighted by molar-refractivity contribution is 5.76. The number of hydrogen-bond donors (Lipinski definition) is 1. The van der Waals surface area contributed by atoms with Crippen molar-refractivity contribution in [2.24, 2.45) is 0 Å². The molecule has 1 N–H and O–H groups in total. The van der Waals surface area contributed by atoms with Crippen molar-refractivity contribution >= 4 is 28.4 Å². The molecule has 10 nitrogen and oxygen atoms in total. The van der Waals surface area contributed by atoms with Crippen LogP contribution < -0.4 is 5.32 Å². The van der Waals surface area contributed by atoms with Gasteiger partial charge in [0, 0.05) is 23.9 Å². The van der Waals surface area contributed by atoms with Crippen LogP contribution in [0.5, 0.6) is 0 Å². The number of hydrogen-bond acceptors (Lipinski definition) is 7. The molecule has 0 saturated carbocycles. The summed E-state index contributed by atoms with van der Waals surface area (Å²) in [7, 11) is 0. The Labute approximate surface area is 141 Å². The molecule has 2 aromatic carbocycles. The zero-order valence-corrected chi connectivity index (χ0v) is 12.4. The van der Waals surface area contributed by atoms with E-state index in [0.29, 0.717) is 6.07 Å². The number of nitro benzene ring substituents is 3. The molecule has 0 aliphatic heterocycles. The molecule has 0 unspecified atom stereocenters. The smallest absolute Gasteiger partial charge is 0.349 e. The van der Waals surface area contributed by atoms with Crippen LogP contribution in [0.4, 0.5) is 41.6 Å². The molecule has 0 atom stereocenters. The van der Waals surface area contributed by atoms with Gasteiger partial charge >= 0.3 is 6.18 Å². The first-order chi connectivity index (χ1) is 12.0. The van der Waals surface area contributed by atoms with Gasteiger partial charge in [-0.2, -0.15) is 13.2 Å². The van der Waals surface area contributed by atoms with Crippen molar-refractivity contribution in [1.82, 2.24) is 0 Å². The Hall–Kier alpha value is -3.77. The van der Waals surface area contributed by atoms with Crippen LogP contribution in [0.1, 0.15) is 5.56 Å². The van der Waals surface area contributed by atoms with E-state index in [-0.39, 0.29) is 17.4 Å². The van der Waals surface area contributed by atoms with Crippen molar-refractivity contribution in [3.8, 4) is 0 Å². The Morgan fingerprint density at radius 1 is 0.808 bits per heavy atom. The Bertz CT molecular complexity index is 898. The van der Waals surface area contributed by atoms with Gasteiger partial charge in [-0.05, 0) is 12.1 Å². The van der Waals surface area contributed by atoms with E-state index in [4.69, 9.17) is 0 Å². The van der Waals surface area contributed by atoms with Crippen LogP contribution in [-0.4, -0.2) is 14.8 Å². The predicted octanol–water partition coefficient (Wildman–Crippen LogP) is 4.17. The maximum atomic E-state index is 13.2. The monoisotopic (exact) mass is 372 g/mol. The normalized spacial score (nSPS) is 11.0. The lowest BCUT2D eigenvalue weighted by atomic mass is 10.1. The standard InChI is InChI=1S/C13H7F3N4O6/c14-13(15,16)10-5-9(19(23)24)6-11(20(25)26)12(10)17-7-1-3-8(4-2-7)18(21)22/h1-6,17H. The molecule has 2 rings (SSSR count). The fraction of sp³-hybridized carbons (Fsp3) is 0.0769. The molecule has 0 saturated heterocycles. The molecular formula is C13H7F3N4O6. The van der Waals surface area contributed by atoms with Crippen LogP contribution in [-0.2, 0) is 6.18 Å². The first kappa shape index (κ1) is 18.6. The molecular weight excluding hydrogens is 365 g/mol. The van der Waals surface area contributed by atoms with Gasteiger partial charge in [0.15, 0.2) is 0 Å². The average Bonchev–Trinajstić information content (AvgIpc) is 2.53. The Kier molecular flexibility index (Phi) is 4.73. The first-order valence-corrected chi connectivity index (χ1v) is 6.56. The van der Waals surface area contributed by atoms with E-state index in [9.17, 15) is 43.5 Å². The topological polar surface area (TPSA) is 141 Å². The summed E-state index contributed by atoms with van der Waals surface area (Å²) in [5, 5.41) is 34.6.